The highest BCUT2D eigenvalue weighted by Crippen LogP contribution is 2.02. The zero-order valence-corrected chi connectivity index (χ0v) is 11.8. The largest absolute Gasteiger partial charge is 0.311 e. The molecule has 0 spiro atoms. The minimum Gasteiger partial charge on any atom is -0.311 e. The molecule has 0 radical (unpaired) electrons. The van der Waals surface area contributed by atoms with Gasteiger partial charge in [0, 0.05) is 26.2 Å². The lowest BCUT2D eigenvalue weighted by Gasteiger charge is -2.07. The number of nitrogens with one attached hydrogen (secondary N) is 2. The molecular formula is C17H21FN2. The molecule has 0 aliphatic rings. The fourth-order valence-corrected chi connectivity index (χ4v) is 1.95. The maximum atomic E-state index is 12.7. The van der Waals surface area contributed by atoms with E-state index in [9.17, 15) is 4.39 Å². The molecule has 0 fully saturated rings. The summed E-state index contributed by atoms with van der Waals surface area (Å²) in [7, 11) is 0. The van der Waals surface area contributed by atoms with E-state index in [1.54, 1.807) is 0 Å². The fraction of sp³-hybridized carbons (Fsp3) is 0.294. The zero-order chi connectivity index (χ0) is 14.2. The van der Waals surface area contributed by atoms with Crippen molar-refractivity contribution in [3.63, 3.8) is 0 Å². The summed E-state index contributed by atoms with van der Waals surface area (Å²) in [6.45, 7) is 5.56. The molecule has 0 saturated carbocycles. The molecule has 0 unspecified atom stereocenters. The lowest BCUT2D eigenvalue weighted by Crippen LogP contribution is -2.26. The molecule has 2 aromatic rings. The third-order valence-electron chi connectivity index (χ3n) is 3.17. The maximum absolute atomic E-state index is 12.7. The van der Waals surface area contributed by atoms with Gasteiger partial charge in [-0.25, -0.2) is 4.39 Å². The van der Waals surface area contributed by atoms with Gasteiger partial charge in [0.15, 0.2) is 0 Å². The van der Waals surface area contributed by atoms with Gasteiger partial charge in [-0.2, -0.15) is 0 Å². The minimum atomic E-state index is -0.187. The zero-order valence-electron chi connectivity index (χ0n) is 11.8. The Labute approximate surface area is 120 Å². The second-order valence-electron chi connectivity index (χ2n) is 4.97. The van der Waals surface area contributed by atoms with E-state index in [-0.39, 0.29) is 5.82 Å². The van der Waals surface area contributed by atoms with Crippen LogP contribution in [0, 0.1) is 12.7 Å². The monoisotopic (exact) mass is 272 g/mol. The molecular weight excluding hydrogens is 251 g/mol. The van der Waals surface area contributed by atoms with E-state index in [4.69, 9.17) is 0 Å². The van der Waals surface area contributed by atoms with E-state index >= 15 is 0 Å². The quantitative estimate of drug-likeness (QED) is 0.757. The summed E-state index contributed by atoms with van der Waals surface area (Å²) in [5, 5.41) is 6.73. The van der Waals surface area contributed by atoms with Crippen LogP contribution in [0.3, 0.4) is 0 Å². The van der Waals surface area contributed by atoms with E-state index in [0.717, 1.165) is 31.7 Å². The Morgan fingerprint density at radius 2 is 1.20 bits per heavy atom. The summed E-state index contributed by atoms with van der Waals surface area (Å²) in [6.07, 6.45) is 0. The van der Waals surface area contributed by atoms with Crippen LogP contribution in [-0.2, 0) is 13.1 Å². The standard InChI is InChI=1S/C17H21FN2/c1-14-2-4-15(5-3-14)12-19-10-11-20-13-16-6-8-17(18)9-7-16/h2-9,19-20H,10-13H2,1H3. The molecule has 0 atom stereocenters. The summed E-state index contributed by atoms with van der Waals surface area (Å²) in [5.41, 5.74) is 3.69. The van der Waals surface area contributed by atoms with E-state index in [2.05, 4.69) is 41.8 Å². The molecule has 2 N–H and O–H groups in total. The van der Waals surface area contributed by atoms with Crippen molar-refractivity contribution < 1.29 is 4.39 Å². The predicted octanol–water partition coefficient (Wildman–Crippen LogP) is 3.01. The van der Waals surface area contributed by atoms with Crippen LogP contribution >= 0.6 is 0 Å². The predicted molar refractivity (Wildman–Crippen MR) is 81.0 cm³/mol. The van der Waals surface area contributed by atoms with Crippen LogP contribution in [0.1, 0.15) is 16.7 Å². The molecule has 2 nitrogen and oxygen atoms in total. The molecule has 2 aromatic carbocycles. The SMILES string of the molecule is Cc1ccc(CNCCNCc2ccc(F)cc2)cc1. The van der Waals surface area contributed by atoms with Gasteiger partial charge in [0.05, 0.1) is 0 Å². The number of aryl methyl sites for hydroxylation is 1. The number of hydrogen-bond donors (Lipinski definition) is 2. The number of benzene rings is 2. The van der Waals surface area contributed by atoms with E-state index in [0.29, 0.717) is 0 Å². The van der Waals surface area contributed by atoms with Crippen molar-refractivity contribution in [3.05, 3.63) is 71.0 Å². The highest BCUT2D eigenvalue weighted by atomic mass is 19.1. The van der Waals surface area contributed by atoms with Crippen LogP contribution < -0.4 is 10.6 Å². The molecule has 2 rings (SSSR count). The summed E-state index contributed by atoms with van der Waals surface area (Å²) in [4.78, 5) is 0. The topological polar surface area (TPSA) is 24.1 Å². The van der Waals surface area contributed by atoms with Crippen molar-refractivity contribution in [2.75, 3.05) is 13.1 Å². The van der Waals surface area contributed by atoms with E-state index < -0.39 is 0 Å². The van der Waals surface area contributed by atoms with Crippen molar-refractivity contribution in [3.8, 4) is 0 Å². The number of rotatable bonds is 7. The lowest BCUT2D eigenvalue weighted by molar-refractivity contribution is 0.607. The molecule has 0 heterocycles. The van der Waals surface area contributed by atoms with Crippen molar-refractivity contribution in [1.82, 2.24) is 10.6 Å². The van der Waals surface area contributed by atoms with Crippen molar-refractivity contribution in [2.24, 2.45) is 0 Å². The van der Waals surface area contributed by atoms with Crippen LogP contribution in [0.2, 0.25) is 0 Å². The van der Waals surface area contributed by atoms with Gasteiger partial charge < -0.3 is 10.6 Å². The Kier molecular flexibility index (Phi) is 5.71. The van der Waals surface area contributed by atoms with Crippen LogP contribution in [0.25, 0.3) is 0 Å². The molecule has 0 aliphatic heterocycles. The Morgan fingerprint density at radius 1 is 0.750 bits per heavy atom. The minimum absolute atomic E-state index is 0.187. The van der Waals surface area contributed by atoms with E-state index in [1.165, 1.54) is 23.3 Å². The van der Waals surface area contributed by atoms with Gasteiger partial charge in [-0.05, 0) is 30.2 Å². The third-order valence-corrected chi connectivity index (χ3v) is 3.17. The Hall–Kier alpha value is -1.71. The highest BCUT2D eigenvalue weighted by Gasteiger charge is 1.94. The van der Waals surface area contributed by atoms with Crippen molar-refractivity contribution in [2.45, 2.75) is 20.0 Å². The summed E-state index contributed by atoms with van der Waals surface area (Å²) in [5.74, 6) is -0.187. The molecule has 0 saturated heterocycles. The highest BCUT2D eigenvalue weighted by molar-refractivity contribution is 5.21. The van der Waals surface area contributed by atoms with Crippen LogP contribution in [0.15, 0.2) is 48.5 Å². The first kappa shape index (κ1) is 14.7. The average Bonchev–Trinajstić information content (AvgIpc) is 2.46. The van der Waals surface area contributed by atoms with Crippen LogP contribution in [0.4, 0.5) is 4.39 Å². The number of halogens is 1. The van der Waals surface area contributed by atoms with Gasteiger partial charge in [0.1, 0.15) is 5.82 Å². The van der Waals surface area contributed by atoms with Gasteiger partial charge >= 0.3 is 0 Å². The molecule has 106 valence electrons. The third kappa shape index (κ3) is 5.11. The first-order valence-corrected chi connectivity index (χ1v) is 6.95. The summed E-state index contributed by atoms with van der Waals surface area (Å²) in [6, 6.07) is 15.2. The molecule has 0 amide bonds. The Bertz CT molecular complexity index is 456. The second-order valence-corrected chi connectivity index (χ2v) is 4.97. The molecule has 0 aromatic heterocycles. The molecule has 0 bridgehead atoms. The lowest BCUT2D eigenvalue weighted by atomic mass is 10.1. The summed E-state index contributed by atoms with van der Waals surface area (Å²) >= 11 is 0. The Morgan fingerprint density at radius 3 is 1.70 bits per heavy atom. The van der Waals surface area contributed by atoms with Gasteiger partial charge in [0.25, 0.3) is 0 Å². The van der Waals surface area contributed by atoms with E-state index in [1.807, 2.05) is 12.1 Å². The molecule has 3 heteroatoms. The van der Waals surface area contributed by atoms with Crippen LogP contribution in [0.5, 0.6) is 0 Å². The van der Waals surface area contributed by atoms with Crippen molar-refractivity contribution >= 4 is 0 Å². The second kappa shape index (κ2) is 7.78. The maximum Gasteiger partial charge on any atom is 0.123 e. The fourth-order valence-electron chi connectivity index (χ4n) is 1.95. The van der Waals surface area contributed by atoms with Gasteiger partial charge in [-0.3, -0.25) is 0 Å². The molecule has 0 aliphatic carbocycles. The average molecular weight is 272 g/mol. The summed E-state index contributed by atoms with van der Waals surface area (Å²) < 4.78 is 12.7. The van der Waals surface area contributed by atoms with Crippen molar-refractivity contribution in [1.29, 1.82) is 0 Å². The Balaban J connectivity index is 1.57. The van der Waals surface area contributed by atoms with Gasteiger partial charge in [0.2, 0.25) is 0 Å². The van der Waals surface area contributed by atoms with Gasteiger partial charge in [-0.1, -0.05) is 42.0 Å². The number of hydrogen-bond acceptors (Lipinski definition) is 2. The first-order chi connectivity index (χ1) is 9.74. The smallest absolute Gasteiger partial charge is 0.123 e. The first-order valence-electron chi connectivity index (χ1n) is 6.95. The molecule has 20 heavy (non-hydrogen) atoms. The normalized spacial score (nSPS) is 10.7. The van der Waals surface area contributed by atoms with Gasteiger partial charge in [-0.15, -0.1) is 0 Å². The van der Waals surface area contributed by atoms with Crippen LogP contribution in [-0.4, -0.2) is 13.1 Å².